The standard InChI is InChI=1S/C15H25N3O2/c1-10(2)16-6-5-7-17-15(20)18-14-11(3)8-13(19)9-12(14)4/h8-10,16,19H,5-7H2,1-4H3,(H2,17,18,20). The van der Waals surface area contributed by atoms with Gasteiger partial charge in [0.25, 0.3) is 0 Å². The van der Waals surface area contributed by atoms with Crippen LogP contribution in [0.25, 0.3) is 0 Å². The average molecular weight is 279 g/mol. The smallest absolute Gasteiger partial charge is 0.319 e. The topological polar surface area (TPSA) is 73.4 Å². The molecule has 0 saturated heterocycles. The van der Waals surface area contributed by atoms with Crippen molar-refractivity contribution < 1.29 is 9.90 Å². The summed E-state index contributed by atoms with van der Waals surface area (Å²) in [5.41, 5.74) is 2.44. The van der Waals surface area contributed by atoms with Crippen LogP contribution < -0.4 is 16.0 Å². The number of phenolic OH excluding ortho intramolecular Hbond substituents is 1. The third-order valence-electron chi connectivity index (χ3n) is 2.95. The molecule has 0 spiro atoms. The van der Waals surface area contributed by atoms with Crippen LogP contribution in [0.2, 0.25) is 0 Å². The molecule has 0 aromatic heterocycles. The third kappa shape index (κ3) is 5.48. The van der Waals surface area contributed by atoms with E-state index in [1.807, 2.05) is 13.8 Å². The predicted octanol–water partition coefficient (Wildman–Crippen LogP) is 2.52. The van der Waals surface area contributed by atoms with Gasteiger partial charge in [0.1, 0.15) is 5.75 Å². The number of hydrogen-bond donors (Lipinski definition) is 4. The van der Waals surface area contributed by atoms with Crippen LogP contribution in [0.5, 0.6) is 5.75 Å². The molecule has 0 atom stereocenters. The number of carbonyl (C=O) groups is 1. The second-order valence-electron chi connectivity index (χ2n) is 5.30. The fourth-order valence-electron chi connectivity index (χ4n) is 1.98. The number of carbonyl (C=O) groups excluding carboxylic acids is 1. The van der Waals surface area contributed by atoms with E-state index in [2.05, 4.69) is 29.8 Å². The Morgan fingerprint density at radius 2 is 1.80 bits per heavy atom. The molecule has 1 aromatic rings. The van der Waals surface area contributed by atoms with E-state index in [9.17, 15) is 9.90 Å². The number of nitrogens with one attached hydrogen (secondary N) is 3. The van der Waals surface area contributed by atoms with E-state index < -0.39 is 0 Å². The van der Waals surface area contributed by atoms with Gasteiger partial charge < -0.3 is 21.1 Å². The molecule has 4 N–H and O–H groups in total. The minimum atomic E-state index is -0.216. The number of aromatic hydroxyl groups is 1. The van der Waals surface area contributed by atoms with Crippen molar-refractivity contribution in [3.63, 3.8) is 0 Å². The summed E-state index contributed by atoms with van der Waals surface area (Å²) in [5.74, 6) is 0.214. The largest absolute Gasteiger partial charge is 0.508 e. The number of urea groups is 1. The van der Waals surface area contributed by atoms with Crippen LogP contribution in [0.3, 0.4) is 0 Å². The van der Waals surface area contributed by atoms with Gasteiger partial charge >= 0.3 is 6.03 Å². The van der Waals surface area contributed by atoms with E-state index in [-0.39, 0.29) is 11.8 Å². The highest BCUT2D eigenvalue weighted by molar-refractivity contribution is 5.91. The molecule has 0 saturated carbocycles. The van der Waals surface area contributed by atoms with Crippen LogP contribution in [0.4, 0.5) is 10.5 Å². The Bertz CT molecular complexity index is 435. The Morgan fingerprint density at radius 3 is 2.35 bits per heavy atom. The summed E-state index contributed by atoms with van der Waals surface area (Å²) in [6, 6.07) is 3.52. The number of amides is 2. The normalized spacial score (nSPS) is 10.7. The number of phenols is 1. The Hall–Kier alpha value is -1.75. The maximum Gasteiger partial charge on any atom is 0.319 e. The van der Waals surface area contributed by atoms with E-state index in [0.29, 0.717) is 12.6 Å². The zero-order valence-electron chi connectivity index (χ0n) is 12.7. The lowest BCUT2D eigenvalue weighted by Gasteiger charge is -2.13. The molecular formula is C15H25N3O2. The Labute approximate surface area is 120 Å². The first kappa shape index (κ1) is 16.3. The van der Waals surface area contributed by atoms with Gasteiger partial charge in [-0.25, -0.2) is 4.79 Å². The number of anilines is 1. The summed E-state index contributed by atoms with van der Waals surface area (Å²) >= 11 is 0. The lowest BCUT2D eigenvalue weighted by Crippen LogP contribution is -2.32. The van der Waals surface area contributed by atoms with Gasteiger partial charge in [-0.15, -0.1) is 0 Å². The first-order valence-corrected chi connectivity index (χ1v) is 6.98. The lowest BCUT2D eigenvalue weighted by atomic mass is 10.1. The van der Waals surface area contributed by atoms with Crippen LogP contribution in [-0.4, -0.2) is 30.3 Å². The highest BCUT2D eigenvalue weighted by Crippen LogP contribution is 2.25. The highest BCUT2D eigenvalue weighted by Gasteiger charge is 2.08. The Balaban J connectivity index is 2.39. The predicted molar refractivity (Wildman–Crippen MR) is 82.4 cm³/mol. The molecule has 0 aliphatic carbocycles. The third-order valence-corrected chi connectivity index (χ3v) is 2.95. The van der Waals surface area contributed by atoms with Gasteiger partial charge in [-0.1, -0.05) is 13.8 Å². The number of aryl methyl sites for hydroxylation is 2. The SMILES string of the molecule is Cc1cc(O)cc(C)c1NC(=O)NCCCNC(C)C. The van der Waals surface area contributed by atoms with Crippen molar-refractivity contribution in [1.82, 2.24) is 10.6 Å². The fraction of sp³-hybridized carbons (Fsp3) is 0.533. The summed E-state index contributed by atoms with van der Waals surface area (Å²) in [6.45, 7) is 9.41. The molecule has 0 radical (unpaired) electrons. The minimum Gasteiger partial charge on any atom is -0.508 e. The van der Waals surface area contributed by atoms with Gasteiger partial charge in [0.2, 0.25) is 0 Å². The van der Waals surface area contributed by atoms with E-state index >= 15 is 0 Å². The van der Waals surface area contributed by atoms with E-state index in [0.717, 1.165) is 29.8 Å². The molecule has 0 heterocycles. The summed E-state index contributed by atoms with van der Waals surface area (Å²) in [5, 5.41) is 18.4. The summed E-state index contributed by atoms with van der Waals surface area (Å²) in [4.78, 5) is 11.8. The van der Waals surface area contributed by atoms with Gasteiger partial charge in [0.05, 0.1) is 0 Å². The molecule has 0 fully saturated rings. The molecule has 1 rings (SSSR count). The molecule has 20 heavy (non-hydrogen) atoms. The van der Waals surface area contributed by atoms with Crippen LogP contribution >= 0.6 is 0 Å². The lowest BCUT2D eigenvalue weighted by molar-refractivity contribution is 0.252. The summed E-state index contributed by atoms with van der Waals surface area (Å²) in [7, 11) is 0. The molecule has 5 nitrogen and oxygen atoms in total. The van der Waals surface area contributed by atoms with Crippen LogP contribution in [0.15, 0.2) is 12.1 Å². The minimum absolute atomic E-state index is 0.214. The molecule has 0 aliphatic heterocycles. The number of rotatable bonds is 6. The van der Waals surface area contributed by atoms with Crippen molar-refractivity contribution in [3.05, 3.63) is 23.3 Å². The van der Waals surface area contributed by atoms with Crippen molar-refractivity contribution in [2.24, 2.45) is 0 Å². The highest BCUT2D eigenvalue weighted by atomic mass is 16.3. The number of benzene rings is 1. The second-order valence-corrected chi connectivity index (χ2v) is 5.30. The van der Waals surface area contributed by atoms with E-state index in [1.165, 1.54) is 0 Å². The second kappa shape index (κ2) is 7.75. The van der Waals surface area contributed by atoms with E-state index in [4.69, 9.17) is 0 Å². The van der Waals surface area contributed by atoms with Gasteiger partial charge in [-0.3, -0.25) is 0 Å². The maximum absolute atomic E-state index is 11.8. The van der Waals surface area contributed by atoms with Crippen LogP contribution in [-0.2, 0) is 0 Å². The molecule has 1 aromatic carbocycles. The first-order chi connectivity index (χ1) is 9.40. The van der Waals surface area contributed by atoms with Crippen molar-refractivity contribution in [2.75, 3.05) is 18.4 Å². The fourth-order valence-corrected chi connectivity index (χ4v) is 1.98. The molecule has 0 aliphatic rings. The molecule has 0 bridgehead atoms. The van der Waals surface area contributed by atoms with Crippen molar-refractivity contribution in [1.29, 1.82) is 0 Å². The number of hydrogen-bond acceptors (Lipinski definition) is 3. The van der Waals surface area contributed by atoms with Crippen molar-refractivity contribution in [2.45, 2.75) is 40.2 Å². The molecule has 0 unspecified atom stereocenters. The zero-order chi connectivity index (χ0) is 15.1. The Kier molecular flexibility index (Phi) is 6.31. The molecule has 112 valence electrons. The van der Waals surface area contributed by atoms with Crippen LogP contribution in [0, 0.1) is 13.8 Å². The Morgan fingerprint density at radius 1 is 1.20 bits per heavy atom. The monoisotopic (exact) mass is 279 g/mol. The van der Waals surface area contributed by atoms with Crippen molar-refractivity contribution in [3.8, 4) is 5.75 Å². The van der Waals surface area contributed by atoms with Gasteiger partial charge in [0.15, 0.2) is 0 Å². The quantitative estimate of drug-likeness (QED) is 0.477. The van der Waals surface area contributed by atoms with E-state index in [1.54, 1.807) is 12.1 Å². The maximum atomic E-state index is 11.8. The van der Waals surface area contributed by atoms with Gasteiger partial charge in [0, 0.05) is 18.3 Å². The molecule has 5 heteroatoms. The molecule has 2 amide bonds. The zero-order valence-corrected chi connectivity index (χ0v) is 12.7. The summed E-state index contributed by atoms with van der Waals surface area (Å²) in [6.07, 6.45) is 0.888. The molecular weight excluding hydrogens is 254 g/mol. The average Bonchev–Trinajstić information content (AvgIpc) is 2.33. The first-order valence-electron chi connectivity index (χ1n) is 6.98. The van der Waals surface area contributed by atoms with Gasteiger partial charge in [-0.2, -0.15) is 0 Å². The van der Waals surface area contributed by atoms with Crippen molar-refractivity contribution >= 4 is 11.7 Å². The summed E-state index contributed by atoms with van der Waals surface area (Å²) < 4.78 is 0. The van der Waals surface area contributed by atoms with Crippen LogP contribution in [0.1, 0.15) is 31.4 Å². The van der Waals surface area contributed by atoms with Gasteiger partial charge in [-0.05, 0) is 50.1 Å².